The average molecular weight is 224 g/mol. The molecule has 0 saturated heterocycles. The molecule has 1 aliphatic rings. The van der Waals surface area contributed by atoms with E-state index in [0.29, 0.717) is 5.57 Å². The van der Waals surface area contributed by atoms with Gasteiger partial charge < -0.3 is 4.74 Å². The number of aldehydes is 1. The van der Waals surface area contributed by atoms with Crippen LogP contribution in [0.1, 0.15) is 34.6 Å². The van der Waals surface area contributed by atoms with Crippen LogP contribution in [0, 0.1) is 17.3 Å². The van der Waals surface area contributed by atoms with Crippen LogP contribution in [0.4, 0.5) is 0 Å². The third-order valence-corrected chi connectivity index (χ3v) is 3.14. The highest BCUT2D eigenvalue weighted by Crippen LogP contribution is 2.59. The van der Waals surface area contributed by atoms with E-state index in [9.17, 15) is 9.59 Å². The van der Waals surface area contributed by atoms with Crippen LogP contribution >= 0.6 is 0 Å². The van der Waals surface area contributed by atoms with Gasteiger partial charge in [0.15, 0.2) is 0 Å². The molecule has 90 valence electrons. The second-order valence-corrected chi connectivity index (χ2v) is 5.34. The van der Waals surface area contributed by atoms with Crippen molar-refractivity contribution in [3.63, 3.8) is 0 Å². The fourth-order valence-electron chi connectivity index (χ4n) is 2.07. The van der Waals surface area contributed by atoms with E-state index in [4.69, 9.17) is 4.74 Å². The summed E-state index contributed by atoms with van der Waals surface area (Å²) in [6.45, 7) is 9.49. The van der Waals surface area contributed by atoms with Crippen molar-refractivity contribution in [3.8, 4) is 0 Å². The van der Waals surface area contributed by atoms with Crippen LogP contribution in [0.15, 0.2) is 11.6 Å². The van der Waals surface area contributed by atoms with Crippen LogP contribution < -0.4 is 0 Å². The largest absolute Gasteiger partial charge is 0.463 e. The number of rotatable bonds is 4. The van der Waals surface area contributed by atoms with E-state index in [0.717, 1.165) is 6.29 Å². The lowest BCUT2D eigenvalue weighted by Crippen LogP contribution is -2.15. The highest BCUT2D eigenvalue weighted by Gasteiger charge is 2.61. The van der Waals surface area contributed by atoms with Gasteiger partial charge in [-0.05, 0) is 37.7 Å². The van der Waals surface area contributed by atoms with E-state index in [1.54, 1.807) is 6.92 Å². The Hall–Kier alpha value is -1.12. The van der Waals surface area contributed by atoms with Crippen LogP contribution in [0.2, 0.25) is 0 Å². The Morgan fingerprint density at radius 1 is 1.38 bits per heavy atom. The minimum Gasteiger partial charge on any atom is -0.463 e. The van der Waals surface area contributed by atoms with Gasteiger partial charge in [0.05, 0.1) is 12.0 Å². The van der Waals surface area contributed by atoms with E-state index in [2.05, 4.69) is 0 Å². The van der Waals surface area contributed by atoms with E-state index in [1.165, 1.54) is 0 Å². The van der Waals surface area contributed by atoms with Crippen LogP contribution in [0.25, 0.3) is 0 Å². The fourth-order valence-corrected chi connectivity index (χ4v) is 2.07. The zero-order valence-corrected chi connectivity index (χ0v) is 10.6. The minimum atomic E-state index is -0.153. The van der Waals surface area contributed by atoms with E-state index < -0.39 is 0 Å². The number of hydrogen-bond acceptors (Lipinski definition) is 3. The second-order valence-electron chi connectivity index (χ2n) is 5.34. The van der Waals surface area contributed by atoms with Gasteiger partial charge in [-0.3, -0.25) is 9.59 Å². The number of carbonyl (C=O) groups is 2. The third kappa shape index (κ3) is 2.52. The average Bonchev–Trinajstić information content (AvgIpc) is 2.66. The predicted octanol–water partition coefficient (Wildman–Crippen LogP) is 2.36. The monoisotopic (exact) mass is 224 g/mol. The van der Waals surface area contributed by atoms with Crippen molar-refractivity contribution in [2.75, 3.05) is 0 Å². The normalized spacial score (nSPS) is 27.8. The number of esters is 1. The highest BCUT2D eigenvalue weighted by atomic mass is 16.5. The maximum absolute atomic E-state index is 11.8. The maximum Gasteiger partial charge on any atom is 0.310 e. The molecule has 0 radical (unpaired) electrons. The topological polar surface area (TPSA) is 43.4 Å². The lowest BCUT2D eigenvalue weighted by Gasteiger charge is -2.08. The minimum absolute atomic E-state index is 0.0827. The molecule has 1 rings (SSSR count). The Bertz CT molecular complexity index is 326. The Kier molecular flexibility index (Phi) is 3.56. The summed E-state index contributed by atoms with van der Waals surface area (Å²) in [5.41, 5.74) is 0.592. The summed E-state index contributed by atoms with van der Waals surface area (Å²) in [6, 6.07) is 0. The standard InChI is InChI=1S/C13H20O3/c1-8(2)16-12(15)11-10(13(11,4)5)6-9(3)7-14/h6-8,10-11H,1-5H3. The quantitative estimate of drug-likeness (QED) is 0.418. The number of allylic oxidation sites excluding steroid dienone is 2. The van der Waals surface area contributed by atoms with Crippen molar-refractivity contribution in [3.05, 3.63) is 11.6 Å². The first-order valence-electron chi connectivity index (χ1n) is 5.64. The van der Waals surface area contributed by atoms with Gasteiger partial charge in [0.2, 0.25) is 0 Å². The molecule has 0 spiro atoms. The summed E-state index contributed by atoms with van der Waals surface area (Å²) >= 11 is 0. The predicted molar refractivity (Wildman–Crippen MR) is 61.8 cm³/mol. The summed E-state index contributed by atoms with van der Waals surface area (Å²) in [5, 5.41) is 0. The Balaban J connectivity index is 2.71. The van der Waals surface area contributed by atoms with Gasteiger partial charge in [-0.25, -0.2) is 0 Å². The molecule has 1 saturated carbocycles. The molecule has 0 aliphatic heterocycles. The molecule has 0 heterocycles. The van der Waals surface area contributed by atoms with Crippen molar-refractivity contribution in [2.24, 2.45) is 17.3 Å². The lowest BCUT2D eigenvalue weighted by atomic mass is 10.1. The number of carbonyl (C=O) groups excluding carboxylic acids is 2. The molecule has 0 amide bonds. The third-order valence-electron chi connectivity index (χ3n) is 3.14. The summed E-state index contributed by atoms with van der Waals surface area (Å²) in [6.07, 6.45) is 2.61. The molecule has 16 heavy (non-hydrogen) atoms. The van der Waals surface area contributed by atoms with Crippen molar-refractivity contribution in [1.29, 1.82) is 0 Å². The highest BCUT2D eigenvalue weighted by molar-refractivity contribution is 5.79. The van der Waals surface area contributed by atoms with E-state index in [-0.39, 0.29) is 29.3 Å². The van der Waals surface area contributed by atoms with Gasteiger partial charge in [-0.15, -0.1) is 0 Å². The van der Waals surface area contributed by atoms with Gasteiger partial charge >= 0.3 is 5.97 Å². The van der Waals surface area contributed by atoms with Crippen molar-refractivity contribution in [2.45, 2.75) is 40.7 Å². The van der Waals surface area contributed by atoms with Gasteiger partial charge in [0, 0.05) is 0 Å². The number of hydrogen-bond donors (Lipinski definition) is 0. The van der Waals surface area contributed by atoms with Gasteiger partial charge in [0.25, 0.3) is 0 Å². The zero-order chi connectivity index (χ0) is 12.5. The van der Waals surface area contributed by atoms with Gasteiger partial charge in [-0.1, -0.05) is 19.9 Å². The number of ether oxygens (including phenoxy) is 1. The Labute approximate surface area is 96.9 Å². The van der Waals surface area contributed by atoms with Crippen molar-refractivity contribution < 1.29 is 14.3 Å². The van der Waals surface area contributed by atoms with Crippen molar-refractivity contribution >= 4 is 12.3 Å². The molecule has 0 N–H and O–H groups in total. The summed E-state index contributed by atoms with van der Waals surface area (Å²) in [7, 11) is 0. The molecule has 3 heteroatoms. The first-order valence-corrected chi connectivity index (χ1v) is 5.64. The van der Waals surface area contributed by atoms with Gasteiger partial charge in [-0.2, -0.15) is 0 Å². The van der Waals surface area contributed by atoms with E-state index in [1.807, 2.05) is 33.8 Å². The van der Waals surface area contributed by atoms with Crippen LogP contribution in [-0.2, 0) is 14.3 Å². The molecular weight excluding hydrogens is 204 g/mol. The summed E-state index contributed by atoms with van der Waals surface area (Å²) in [4.78, 5) is 22.3. The Morgan fingerprint density at radius 2 is 1.94 bits per heavy atom. The smallest absolute Gasteiger partial charge is 0.310 e. The van der Waals surface area contributed by atoms with Crippen molar-refractivity contribution in [1.82, 2.24) is 0 Å². The Morgan fingerprint density at radius 3 is 2.38 bits per heavy atom. The SMILES string of the molecule is CC(C=O)=CC1C(C(=O)OC(C)C)C1(C)C. The van der Waals surface area contributed by atoms with Crippen LogP contribution in [0.5, 0.6) is 0 Å². The van der Waals surface area contributed by atoms with E-state index >= 15 is 0 Å². The lowest BCUT2D eigenvalue weighted by molar-refractivity contribution is -0.150. The fraction of sp³-hybridized carbons (Fsp3) is 0.692. The molecule has 1 fully saturated rings. The molecule has 0 aromatic heterocycles. The summed E-state index contributed by atoms with van der Waals surface area (Å²) < 4.78 is 5.20. The molecule has 0 aromatic rings. The molecule has 3 nitrogen and oxygen atoms in total. The first kappa shape index (κ1) is 12.9. The maximum atomic E-state index is 11.8. The van der Waals surface area contributed by atoms with Crippen LogP contribution in [-0.4, -0.2) is 18.4 Å². The molecule has 1 aliphatic carbocycles. The molecular formula is C13H20O3. The zero-order valence-electron chi connectivity index (χ0n) is 10.6. The summed E-state index contributed by atoms with van der Waals surface area (Å²) in [5.74, 6) is -0.131. The first-order chi connectivity index (χ1) is 7.30. The van der Waals surface area contributed by atoms with Crippen LogP contribution in [0.3, 0.4) is 0 Å². The molecule has 2 atom stereocenters. The molecule has 0 bridgehead atoms. The molecule has 2 unspecified atom stereocenters. The molecule has 0 aromatic carbocycles. The second kappa shape index (κ2) is 4.40. The van der Waals surface area contributed by atoms with Gasteiger partial charge in [0.1, 0.15) is 6.29 Å².